The summed E-state index contributed by atoms with van der Waals surface area (Å²) in [6.07, 6.45) is 3.59. The van der Waals surface area contributed by atoms with E-state index in [4.69, 9.17) is 5.11 Å². The number of nitrogens with one attached hydrogen (secondary N) is 1. The summed E-state index contributed by atoms with van der Waals surface area (Å²) in [4.78, 5) is 24.5. The van der Waals surface area contributed by atoms with Crippen molar-refractivity contribution in [3.05, 3.63) is 0 Å². The molecular weight excluding hydrogens is 244 g/mol. The molecule has 0 spiro atoms. The predicted octanol–water partition coefficient (Wildman–Crippen LogP) is 2.46. The van der Waals surface area contributed by atoms with E-state index in [1.54, 1.807) is 0 Å². The third-order valence-electron chi connectivity index (χ3n) is 4.31. The fraction of sp³-hybridized carbons (Fsp3) is 0.857. The minimum Gasteiger partial charge on any atom is -0.481 e. The summed E-state index contributed by atoms with van der Waals surface area (Å²) < 4.78 is 0. The molecule has 5 nitrogen and oxygen atoms in total. The molecule has 2 amide bonds. The molecule has 1 aliphatic heterocycles. The Bertz CT molecular complexity index is 327. The van der Waals surface area contributed by atoms with Crippen molar-refractivity contribution in [3.63, 3.8) is 0 Å². The van der Waals surface area contributed by atoms with E-state index >= 15 is 0 Å². The van der Waals surface area contributed by atoms with Gasteiger partial charge in [-0.25, -0.2) is 4.79 Å². The number of hydrogen-bond donors (Lipinski definition) is 2. The van der Waals surface area contributed by atoms with E-state index in [1.807, 2.05) is 4.90 Å². The van der Waals surface area contributed by atoms with Crippen molar-refractivity contribution in [1.29, 1.82) is 0 Å². The number of likely N-dealkylation sites (tertiary alicyclic amines) is 1. The Kier molecular flexibility index (Phi) is 5.63. The van der Waals surface area contributed by atoms with Crippen LogP contribution in [0.3, 0.4) is 0 Å². The summed E-state index contributed by atoms with van der Waals surface area (Å²) in [5, 5.41) is 11.8. The number of carbonyl (C=O) groups excluding carboxylic acids is 1. The first-order valence-corrected chi connectivity index (χ1v) is 7.19. The van der Waals surface area contributed by atoms with Gasteiger partial charge in [0.1, 0.15) is 0 Å². The molecule has 1 saturated heterocycles. The number of urea groups is 1. The molecule has 19 heavy (non-hydrogen) atoms. The highest BCUT2D eigenvalue weighted by Crippen LogP contribution is 2.22. The van der Waals surface area contributed by atoms with Crippen LogP contribution in [-0.2, 0) is 4.79 Å². The van der Waals surface area contributed by atoms with Gasteiger partial charge in [-0.1, -0.05) is 13.8 Å². The van der Waals surface area contributed by atoms with E-state index in [0.717, 1.165) is 25.8 Å². The summed E-state index contributed by atoms with van der Waals surface area (Å²) in [7, 11) is 0. The zero-order valence-corrected chi connectivity index (χ0v) is 12.2. The van der Waals surface area contributed by atoms with Crippen LogP contribution in [0.25, 0.3) is 0 Å². The number of carboxylic acid groups (broad SMARTS) is 1. The minimum atomic E-state index is -0.757. The van der Waals surface area contributed by atoms with E-state index in [-0.39, 0.29) is 18.0 Å². The number of carboxylic acids is 1. The smallest absolute Gasteiger partial charge is 0.317 e. The van der Waals surface area contributed by atoms with Crippen LogP contribution in [0, 0.1) is 5.92 Å². The largest absolute Gasteiger partial charge is 0.481 e. The fourth-order valence-electron chi connectivity index (χ4n) is 2.34. The van der Waals surface area contributed by atoms with Gasteiger partial charge in [0.05, 0.1) is 0 Å². The number of aliphatic carboxylic acids is 1. The van der Waals surface area contributed by atoms with Gasteiger partial charge in [0.25, 0.3) is 0 Å². The molecule has 2 N–H and O–H groups in total. The van der Waals surface area contributed by atoms with Crippen LogP contribution >= 0.6 is 0 Å². The number of nitrogens with zero attached hydrogens (tertiary/aromatic N) is 1. The molecule has 0 aliphatic carbocycles. The van der Waals surface area contributed by atoms with E-state index in [1.165, 1.54) is 0 Å². The normalized spacial score (nSPS) is 19.5. The Balaban J connectivity index is 2.41. The van der Waals surface area contributed by atoms with Crippen LogP contribution < -0.4 is 5.32 Å². The van der Waals surface area contributed by atoms with Crippen LogP contribution in [-0.4, -0.2) is 40.6 Å². The van der Waals surface area contributed by atoms with Gasteiger partial charge in [-0.15, -0.1) is 0 Å². The Hall–Kier alpha value is -1.26. The first-order chi connectivity index (χ1) is 8.90. The van der Waals surface area contributed by atoms with E-state index in [0.29, 0.717) is 18.9 Å². The highest BCUT2D eigenvalue weighted by molar-refractivity contribution is 5.75. The molecule has 0 radical (unpaired) electrons. The molecule has 5 heteroatoms. The lowest BCUT2D eigenvalue weighted by Crippen LogP contribution is -2.50. The van der Waals surface area contributed by atoms with Gasteiger partial charge >= 0.3 is 12.0 Å². The number of hydrogen-bond acceptors (Lipinski definition) is 2. The Morgan fingerprint density at radius 1 is 1.37 bits per heavy atom. The van der Waals surface area contributed by atoms with E-state index in [2.05, 4.69) is 26.1 Å². The van der Waals surface area contributed by atoms with Crippen LogP contribution in [0.1, 0.15) is 52.9 Å². The second-order valence-corrected chi connectivity index (χ2v) is 5.73. The van der Waals surface area contributed by atoms with Crippen molar-refractivity contribution < 1.29 is 14.7 Å². The van der Waals surface area contributed by atoms with Gasteiger partial charge in [0, 0.05) is 25.0 Å². The van der Waals surface area contributed by atoms with E-state index < -0.39 is 5.97 Å². The molecule has 110 valence electrons. The molecule has 1 unspecified atom stereocenters. The van der Waals surface area contributed by atoms with Crippen molar-refractivity contribution in [2.24, 2.45) is 5.92 Å². The summed E-state index contributed by atoms with van der Waals surface area (Å²) in [5.41, 5.74) is -0.143. The quantitative estimate of drug-likeness (QED) is 0.779. The van der Waals surface area contributed by atoms with Gasteiger partial charge in [-0.05, 0) is 38.5 Å². The fourth-order valence-corrected chi connectivity index (χ4v) is 2.34. The van der Waals surface area contributed by atoms with Crippen LogP contribution in [0.4, 0.5) is 4.79 Å². The highest BCUT2D eigenvalue weighted by atomic mass is 16.4. The van der Waals surface area contributed by atoms with Crippen LogP contribution in [0.2, 0.25) is 0 Å². The second-order valence-electron chi connectivity index (χ2n) is 5.73. The van der Waals surface area contributed by atoms with E-state index in [9.17, 15) is 9.59 Å². The van der Waals surface area contributed by atoms with Crippen molar-refractivity contribution in [2.75, 3.05) is 13.1 Å². The first kappa shape index (κ1) is 15.8. The number of carbonyl (C=O) groups is 2. The number of amides is 2. The topological polar surface area (TPSA) is 69.6 Å². The third kappa shape index (κ3) is 4.73. The molecular formula is C14H26N2O3. The third-order valence-corrected chi connectivity index (χ3v) is 4.31. The van der Waals surface area contributed by atoms with Crippen molar-refractivity contribution in [2.45, 2.75) is 58.4 Å². The van der Waals surface area contributed by atoms with Crippen LogP contribution in [0.5, 0.6) is 0 Å². The maximum absolute atomic E-state index is 12.2. The van der Waals surface area contributed by atoms with Crippen molar-refractivity contribution in [3.8, 4) is 0 Å². The molecule has 0 aromatic carbocycles. The Morgan fingerprint density at radius 3 is 2.53 bits per heavy atom. The SMILES string of the molecule is CCC(C)(CC)NC(=O)N1CCC(CCC(=O)O)C1. The van der Waals surface area contributed by atoms with Gasteiger partial charge < -0.3 is 15.3 Å². The van der Waals surface area contributed by atoms with Gasteiger partial charge in [-0.2, -0.15) is 0 Å². The summed E-state index contributed by atoms with van der Waals surface area (Å²) in [6, 6.07) is -0.0102. The standard InChI is InChI=1S/C14H26N2O3/c1-4-14(3,5-2)15-13(19)16-9-8-11(10-16)6-7-12(17)18/h11H,4-10H2,1-3H3,(H,15,19)(H,17,18). The Morgan fingerprint density at radius 2 is 2.00 bits per heavy atom. The van der Waals surface area contributed by atoms with Crippen LogP contribution in [0.15, 0.2) is 0 Å². The predicted molar refractivity (Wildman–Crippen MR) is 74.1 cm³/mol. The first-order valence-electron chi connectivity index (χ1n) is 7.19. The highest BCUT2D eigenvalue weighted by Gasteiger charge is 2.30. The number of rotatable bonds is 6. The second kappa shape index (κ2) is 6.78. The summed E-state index contributed by atoms with van der Waals surface area (Å²) in [5.74, 6) is -0.427. The lowest BCUT2D eigenvalue weighted by molar-refractivity contribution is -0.137. The summed E-state index contributed by atoms with van der Waals surface area (Å²) >= 11 is 0. The maximum atomic E-state index is 12.2. The van der Waals surface area contributed by atoms with Gasteiger partial charge in [0.2, 0.25) is 0 Å². The lowest BCUT2D eigenvalue weighted by atomic mass is 9.96. The average Bonchev–Trinajstić information content (AvgIpc) is 2.85. The van der Waals surface area contributed by atoms with Crippen molar-refractivity contribution >= 4 is 12.0 Å². The Labute approximate surface area is 115 Å². The monoisotopic (exact) mass is 270 g/mol. The molecule has 0 aromatic heterocycles. The minimum absolute atomic E-state index is 0.0102. The summed E-state index contributed by atoms with van der Waals surface area (Å²) in [6.45, 7) is 7.62. The zero-order chi connectivity index (χ0) is 14.5. The maximum Gasteiger partial charge on any atom is 0.317 e. The average molecular weight is 270 g/mol. The van der Waals surface area contributed by atoms with Gasteiger partial charge in [-0.3, -0.25) is 4.79 Å². The molecule has 0 saturated carbocycles. The molecule has 0 aromatic rings. The molecule has 1 aliphatic rings. The molecule has 0 bridgehead atoms. The molecule has 1 atom stereocenters. The molecule has 1 heterocycles. The molecule has 1 rings (SSSR count). The molecule has 1 fully saturated rings. The van der Waals surface area contributed by atoms with Crippen molar-refractivity contribution in [1.82, 2.24) is 10.2 Å². The zero-order valence-electron chi connectivity index (χ0n) is 12.2. The van der Waals surface area contributed by atoms with Gasteiger partial charge in [0.15, 0.2) is 0 Å². The lowest BCUT2D eigenvalue weighted by Gasteiger charge is -2.31.